The lowest BCUT2D eigenvalue weighted by atomic mass is 9.86. The molecule has 1 aromatic heterocycles. The van der Waals surface area contributed by atoms with Crippen molar-refractivity contribution in [2.75, 3.05) is 6.61 Å². The summed E-state index contributed by atoms with van der Waals surface area (Å²) >= 11 is 0. The van der Waals surface area contributed by atoms with Gasteiger partial charge in [0.25, 0.3) is 0 Å². The molecule has 1 aromatic rings. The maximum Gasteiger partial charge on any atom is 0.311 e. The fraction of sp³-hybridized carbons (Fsp3) is 0.846. The van der Waals surface area contributed by atoms with E-state index in [0.717, 1.165) is 38.1 Å². The van der Waals surface area contributed by atoms with Crippen LogP contribution in [0.25, 0.3) is 0 Å². The van der Waals surface area contributed by atoms with E-state index in [0.29, 0.717) is 25.8 Å². The Kier molecular flexibility index (Phi) is 3.69. The predicted molar refractivity (Wildman–Crippen MR) is 69.0 cm³/mol. The number of carbonyl (C=O) groups is 1. The average Bonchev–Trinajstić information content (AvgIpc) is 3.14. The van der Waals surface area contributed by atoms with E-state index in [1.54, 1.807) is 4.68 Å². The number of nitrogens with zero attached hydrogens (tertiary/aromatic N) is 4. The summed E-state index contributed by atoms with van der Waals surface area (Å²) in [5.74, 6) is 0.0120. The summed E-state index contributed by atoms with van der Waals surface area (Å²) < 4.78 is 7.27. The van der Waals surface area contributed by atoms with Gasteiger partial charge in [0, 0.05) is 13.0 Å². The summed E-state index contributed by atoms with van der Waals surface area (Å²) in [5.41, 5.74) is -0.694. The number of rotatable bonds is 5. The molecule has 3 rings (SSSR count). The van der Waals surface area contributed by atoms with Crippen molar-refractivity contribution in [1.29, 1.82) is 0 Å². The Morgan fingerprint density at radius 1 is 1.40 bits per heavy atom. The molecule has 2 heterocycles. The summed E-state index contributed by atoms with van der Waals surface area (Å²) in [6.07, 6.45) is 6.29. The van der Waals surface area contributed by atoms with E-state index < -0.39 is 11.4 Å². The second-order valence-corrected chi connectivity index (χ2v) is 5.88. The minimum absolute atomic E-state index is 0.170. The van der Waals surface area contributed by atoms with E-state index in [4.69, 9.17) is 4.74 Å². The van der Waals surface area contributed by atoms with Crippen molar-refractivity contribution in [3.63, 3.8) is 0 Å². The zero-order chi connectivity index (χ0) is 14.0. The highest BCUT2D eigenvalue weighted by Gasteiger charge is 2.42. The zero-order valence-electron chi connectivity index (χ0n) is 11.5. The number of tetrazole rings is 1. The van der Waals surface area contributed by atoms with Crippen LogP contribution in [0.1, 0.15) is 44.3 Å². The number of carboxylic acid groups (broad SMARTS) is 1. The van der Waals surface area contributed by atoms with Crippen molar-refractivity contribution in [3.8, 4) is 0 Å². The molecule has 0 bridgehead atoms. The third-order valence-electron chi connectivity index (χ3n) is 4.51. The van der Waals surface area contributed by atoms with Gasteiger partial charge in [-0.25, -0.2) is 4.68 Å². The topological polar surface area (TPSA) is 90.1 Å². The van der Waals surface area contributed by atoms with Gasteiger partial charge in [0.15, 0.2) is 5.82 Å². The van der Waals surface area contributed by atoms with Crippen molar-refractivity contribution in [2.24, 2.45) is 5.41 Å². The Hall–Kier alpha value is -1.50. The number of hydrogen-bond acceptors (Lipinski definition) is 5. The van der Waals surface area contributed by atoms with Crippen LogP contribution in [0.2, 0.25) is 0 Å². The normalized spacial score (nSPS) is 25.1. The highest BCUT2D eigenvalue weighted by Crippen LogP contribution is 2.39. The molecule has 2 aliphatic rings. The maximum atomic E-state index is 11.6. The van der Waals surface area contributed by atoms with Crippen LogP contribution in [0.15, 0.2) is 0 Å². The molecule has 110 valence electrons. The second kappa shape index (κ2) is 5.47. The lowest BCUT2D eigenvalue weighted by molar-refractivity contribution is -0.149. The molecule has 20 heavy (non-hydrogen) atoms. The zero-order valence-corrected chi connectivity index (χ0v) is 11.5. The molecule has 7 heteroatoms. The molecular weight excluding hydrogens is 260 g/mol. The van der Waals surface area contributed by atoms with Crippen LogP contribution in [0, 0.1) is 5.41 Å². The molecule has 1 aliphatic heterocycles. The van der Waals surface area contributed by atoms with Gasteiger partial charge in [0.2, 0.25) is 0 Å². The van der Waals surface area contributed by atoms with Gasteiger partial charge in [0.05, 0.1) is 18.1 Å². The van der Waals surface area contributed by atoms with E-state index in [1.165, 1.54) is 0 Å². The smallest absolute Gasteiger partial charge is 0.311 e. The van der Waals surface area contributed by atoms with Crippen LogP contribution in [-0.4, -0.2) is 44.0 Å². The molecule has 1 aliphatic carbocycles. The monoisotopic (exact) mass is 280 g/mol. The standard InChI is InChI=1S/C13H20N4O3/c18-12(19)13(5-1-2-6-13)9-17-11(14-15-16-17)8-10-4-3-7-20-10/h10H,1-9H2,(H,18,19). The minimum atomic E-state index is -0.728. The molecule has 1 unspecified atom stereocenters. The van der Waals surface area contributed by atoms with Gasteiger partial charge >= 0.3 is 5.97 Å². The Bertz CT molecular complexity index is 476. The van der Waals surface area contributed by atoms with Crippen molar-refractivity contribution in [2.45, 2.75) is 57.6 Å². The molecule has 7 nitrogen and oxygen atoms in total. The SMILES string of the molecule is O=C(O)C1(Cn2nnnc2CC2CCCO2)CCCC1. The molecule has 0 amide bonds. The lowest BCUT2D eigenvalue weighted by Gasteiger charge is -2.23. The van der Waals surface area contributed by atoms with Crippen LogP contribution >= 0.6 is 0 Å². The fourth-order valence-electron chi connectivity index (χ4n) is 3.28. The Morgan fingerprint density at radius 2 is 2.20 bits per heavy atom. The van der Waals surface area contributed by atoms with Gasteiger partial charge in [-0.05, 0) is 36.1 Å². The number of aromatic nitrogens is 4. The highest BCUT2D eigenvalue weighted by molar-refractivity contribution is 5.74. The summed E-state index contributed by atoms with van der Waals surface area (Å²) in [6.45, 7) is 1.17. The summed E-state index contributed by atoms with van der Waals surface area (Å²) in [5, 5.41) is 21.3. The van der Waals surface area contributed by atoms with E-state index >= 15 is 0 Å². The molecular formula is C13H20N4O3. The highest BCUT2D eigenvalue weighted by atomic mass is 16.5. The molecule has 1 atom stereocenters. The first-order chi connectivity index (χ1) is 9.70. The van der Waals surface area contributed by atoms with Crippen molar-refractivity contribution < 1.29 is 14.6 Å². The molecule has 0 spiro atoms. The Labute approximate surface area is 117 Å². The van der Waals surface area contributed by atoms with Gasteiger partial charge < -0.3 is 9.84 Å². The molecule has 1 N–H and O–H groups in total. The van der Waals surface area contributed by atoms with Crippen molar-refractivity contribution in [1.82, 2.24) is 20.2 Å². The first kappa shape index (κ1) is 13.5. The van der Waals surface area contributed by atoms with Crippen molar-refractivity contribution >= 4 is 5.97 Å². The number of ether oxygens (including phenoxy) is 1. The number of hydrogen-bond donors (Lipinski definition) is 1. The largest absolute Gasteiger partial charge is 0.481 e. The second-order valence-electron chi connectivity index (χ2n) is 5.88. The quantitative estimate of drug-likeness (QED) is 0.866. The van der Waals surface area contributed by atoms with E-state index in [2.05, 4.69) is 15.5 Å². The third-order valence-corrected chi connectivity index (χ3v) is 4.51. The van der Waals surface area contributed by atoms with Gasteiger partial charge in [-0.1, -0.05) is 12.8 Å². The number of carboxylic acids is 1. The van der Waals surface area contributed by atoms with Gasteiger partial charge in [-0.2, -0.15) is 0 Å². The fourth-order valence-corrected chi connectivity index (χ4v) is 3.28. The van der Waals surface area contributed by atoms with E-state index in [-0.39, 0.29) is 6.10 Å². The minimum Gasteiger partial charge on any atom is -0.481 e. The van der Waals surface area contributed by atoms with Crippen molar-refractivity contribution in [3.05, 3.63) is 5.82 Å². The van der Waals surface area contributed by atoms with Gasteiger partial charge in [-0.15, -0.1) is 5.10 Å². The first-order valence-electron chi connectivity index (χ1n) is 7.30. The molecule has 1 saturated heterocycles. The lowest BCUT2D eigenvalue weighted by Crippen LogP contribution is -2.34. The van der Waals surface area contributed by atoms with Gasteiger partial charge in [-0.3, -0.25) is 4.79 Å². The average molecular weight is 280 g/mol. The van der Waals surface area contributed by atoms with E-state index in [9.17, 15) is 9.90 Å². The third kappa shape index (κ3) is 2.54. The van der Waals surface area contributed by atoms with Gasteiger partial charge in [0.1, 0.15) is 0 Å². The molecule has 2 fully saturated rings. The van der Waals surface area contributed by atoms with Crippen LogP contribution in [0.3, 0.4) is 0 Å². The van der Waals surface area contributed by atoms with E-state index in [1.807, 2.05) is 0 Å². The molecule has 1 saturated carbocycles. The summed E-state index contributed by atoms with van der Waals surface area (Å²) in [7, 11) is 0. The summed E-state index contributed by atoms with van der Waals surface area (Å²) in [4.78, 5) is 11.6. The molecule has 0 aromatic carbocycles. The first-order valence-corrected chi connectivity index (χ1v) is 7.30. The van der Waals surface area contributed by atoms with Crippen LogP contribution in [0.4, 0.5) is 0 Å². The number of aliphatic carboxylic acids is 1. The van der Waals surface area contributed by atoms with Crippen LogP contribution < -0.4 is 0 Å². The summed E-state index contributed by atoms with van der Waals surface area (Å²) in [6, 6.07) is 0. The Balaban J connectivity index is 1.73. The Morgan fingerprint density at radius 3 is 2.85 bits per heavy atom. The predicted octanol–water partition coefficient (Wildman–Crippen LogP) is 1.04. The van der Waals surface area contributed by atoms with Crippen LogP contribution in [-0.2, 0) is 22.5 Å². The van der Waals surface area contributed by atoms with Crippen LogP contribution in [0.5, 0.6) is 0 Å². The molecule has 0 radical (unpaired) electrons. The maximum absolute atomic E-state index is 11.6.